The summed E-state index contributed by atoms with van der Waals surface area (Å²) in [6.45, 7) is 3.50. The van der Waals surface area contributed by atoms with Gasteiger partial charge in [0.05, 0.1) is 24.5 Å². The average molecular weight is 346 g/mol. The Labute approximate surface area is 143 Å². The molecule has 0 saturated carbocycles. The topological polar surface area (TPSA) is 60.6 Å². The molecule has 1 aliphatic heterocycles. The lowest BCUT2D eigenvalue weighted by molar-refractivity contribution is 0.476. The molecule has 0 fully saturated rings. The molecule has 6 nitrogen and oxygen atoms in total. The number of thioether (sulfide) groups is 1. The van der Waals surface area contributed by atoms with Gasteiger partial charge in [-0.2, -0.15) is 16.9 Å². The van der Waals surface area contributed by atoms with Gasteiger partial charge >= 0.3 is 0 Å². The zero-order valence-electron chi connectivity index (χ0n) is 12.9. The lowest BCUT2D eigenvalue weighted by atomic mass is 10.3. The predicted octanol–water partition coefficient (Wildman–Crippen LogP) is 2.22. The summed E-state index contributed by atoms with van der Waals surface area (Å²) in [5.41, 5.74) is 3.24. The van der Waals surface area contributed by atoms with Crippen LogP contribution in [-0.4, -0.2) is 37.1 Å². The summed E-state index contributed by atoms with van der Waals surface area (Å²) in [7, 11) is 0. The maximum absolute atomic E-state index is 4.70. The first kappa shape index (κ1) is 14.9. The van der Waals surface area contributed by atoms with Gasteiger partial charge in [0, 0.05) is 36.6 Å². The molecule has 4 heterocycles. The molecule has 1 N–H and O–H groups in total. The van der Waals surface area contributed by atoms with Crippen LogP contribution < -0.4 is 5.32 Å². The smallest absolute Gasteiger partial charge is 0.160 e. The van der Waals surface area contributed by atoms with Crippen LogP contribution in [0.5, 0.6) is 0 Å². The van der Waals surface area contributed by atoms with Crippen molar-refractivity contribution in [2.24, 2.45) is 0 Å². The van der Waals surface area contributed by atoms with Gasteiger partial charge in [0.25, 0.3) is 0 Å². The molecule has 0 radical (unpaired) electrons. The molecule has 120 valence electrons. The highest BCUT2D eigenvalue weighted by Gasteiger charge is 2.16. The van der Waals surface area contributed by atoms with Gasteiger partial charge in [-0.15, -0.1) is 11.3 Å². The Balaban J connectivity index is 1.59. The van der Waals surface area contributed by atoms with Gasteiger partial charge < -0.3 is 9.88 Å². The van der Waals surface area contributed by atoms with Crippen molar-refractivity contribution < 1.29 is 0 Å². The SMILES string of the molecule is CSCc1nc(Cn2ccnc2-c2cc3n(n2)CCNC3)cs1. The summed E-state index contributed by atoms with van der Waals surface area (Å²) < 4.78 is 4.20. The van der Waals surface area contributed by atoms with E-state index in [0.29, 0.717) is 0 Å². The van der Waals surface area contributed by atoms with Crippen molar-refractivity contribution in [3.8, 4) is 11.5 Å². The van der Waals surface area contributed by atoms with Crippen LogP contribution in [0.15, 0.2) is 23.8 Å². The van der Waals surface area contributed by atoms with E-state index in [1.165, 1.54) is 10.7 Å². The Morgan fingerprint density at radius 3 is 3.26 bits per heavy atom. The van der Waals surface area contributed by atoms with E-state index in [9.17, 15) is 0 Å². The van der Waals surface area contributed by atoms with Crippen LogP contribution >= 0.6 is 23.1 Å². The highest BCUT2D eigenvalue weighted by molar-refractivity contribution is 7.97. The minimum atomic E-state index is 0.737. The molecular weight excluding hydrogens is 328 g/mol. The first-order valence-corrected chi connectivity index (χ1v) is 9.82. The molecule has 0 unspecified atom stereocenters. The quantitative estimate of drug-likeness (QED) is 0.767. The zero-order valence-corrected chi connectivity index (χ0v) is 14.5. The molecule has 23 heavy (non-hydrogen) atoms. The Morgan fingerprint density at radius 2 is 2.39 bits per heavy atom. The van der Waals surface area contributed by atoms with Crippen LogP contribution in [0.2, 0.25) is 0 Å². The lowest BCUT2D eigenvalue weighted by Gasteiger charge is -2.13. The summed E-state index contributed by atoms with van der Waals surface area (Å²) in [5.74, 6) is 1.88. The molecule has 0 saturated heterocycles. The van der Waals surface area contributed by atoms with Crippen LogP contribution in [0.25, 0.3) is 11.5 Å². The van der Waals surface area contributed by atoms with Crippen LogP contribution in [0.3, 0.4) is 0 Å². The number of aromatic nitrogens is 5. The fourth-order valence-electron chi connectivity index (χ4n) is 2.76. The van der Waals surface area contributed by atoms with E-state index in [-0.39, 0.29) is 0 Å². The molecule has 0 aliphatic carbocycles. The van der Waals surface area contributed by atoms with Crippen molar-refractivity contribution in [3.63, 3.8) is 0 Å². The zero-order chi connectivity index (χ0) is 15.6. The average Bonchev–Trinajstić information content (AvgIpc) is 3.27. The van der Waals surface area contributed by atoms with E-state index in [1.54, 1.807) is 23.1 Å². The maximum Gasteiger partial charge on any atom is 0.160 e. The van der Waals surface area contributed by atoms with E-state index in [4.69, 9.17) is 5.10 Å². The summed E-state index contributed by atoms with van der Waals surface area (Å²) >= 11 is 3.53. The number of nitrogens with zero attached hydrogens (tertiary/aromatic N) is 5. The monoisotopic (exact) mass is 346 g/mol. The maximum atomic E-state index is 4.70. The van der Waals surface area contributed by atoms with Crippen molar-refractivity contribution in [2.45, 2.75) is 25.4 Å². The molecule has 4 rings (SSSR count). The fraction of sp³-hybridized carbons (Fsp3) is 0.400. The first-order valence-electron chi connectivity index (χ1n) is 7.54. The van der Waals surface area contributed by atoms with Gasteiger partial charge in [0.1, 0.15) is 10.7 Å². The number of hydrogen-bond donors (Lipinski definition) is 1. The number of fused-ring (bicyclic) bond motifs is 1. The van der Waals surface area contributed by atoms with Gasteiger partial charge in [-0.3, -0.25) is 4.68 Å². The molecular formula is C15H18N6S2. The van der Waals surface area contributed by atoms with E-state index >= 15 is 0 Å². The third-order valence-corrected chi connectivity index (χ3v) is 5.46. The van der Waals surface area contributed by atoms with Crippen molar-refractivity contribution in [1.82, 2.24) is 29.6 Å². The van der Waals surface area contributed by atoms with Gasteiger partial charge in [-0.25, -0.2) is 9.97 Å². The van der Waals surface area contributed by atoms with E-state index < -0.39 is 0 Å². The molecule has 3 aromatic heterocycles. The van der Waals surface area contributed by atoms with Gasteiger partial charge in [0.15, 0.2) is 5.82 Å². The molecule has 0 atom stereocenters. The Bertz CT molecular complexity index is 779. The van der Waals surface area contributed by atoms with Crippen molar-refractivity contribution in [2.75, 3.05) is 12.8 Å². The Hall–Kier alpha value is -1.64. The van der Waals surface area contributed by atoms with Crippen LogP contribution in [0.1, 0.15) is 16.4 Å². The second-order valence-electron chi connectivity index (χ2n) is 5.47. The second kappa shape index (κ2) is 6.46. The first-order chi connectivity index (χ1) is 11.3. The van der Waals surface area contributed by atoms with Crippen molar-refractivity contribution in [3.05, 3.63) is 40.2 Å². The van der Waals surface area contributed by atoms with E-state index in [2.05, 4.69) is 42.2 Å². The highest BCUT2D eigenvalue weighted by Crippen LogP contribution is 2.21. The number of imidazole rings is 1. The minimum absolute atomic E-state index is 0.737. The van der Waals surface area contributed by atoms with Crippen LogP contribution in [0, 0.1) is 0 Å². The molecule has 0 amide bonds. The summed E-state index contributed by atoms with van der Waals surface area (Å²) in [5, 5.41) is 11.4. The van der Waals surface area contributed by atoms with E-state index in [1.807, 2.05) is 12.4 Å². The number of hydrogen-bond acceptors (Lipinski definition) is 6. The molecule has 0 bridgehead atoms. The molecule has 1 aliphatic rings. The largest absolute Gasteiger partial charge is 0.324 e. The molecule has 0 aromatic carbocycles. The molecule has 3 aromatic rings. The third-order valence-electron chi connectivity index (χ3n) is 3.81. The van der Waals surface area contributed by atoms with Crippen molar-refractivity contribution in [1.29, 1.82) is 0 Å². The van der Waals surface area contributed by atoms with Gasteiger partial charge in [-0.05, 0) is 12.3 Å². The number of thiazole rings is 1. The summed E-state index contributed by atoms with van der Waals surface area (Å²) in [4.78, 5) is 9.20. The molecule has 8 heteroatoms. The lowest BCUT2D eigenvalue weighted by Crippen LogP contribution is -2.28. The fourth-order valence-corrected chi connectivity index (χ4v) is 4.26. The van der Waals surface area contributed by atoms with Crippen LogP contribution in [-0.2, 0) is 25.4 Å². The standard InChI is InChI=1S/C15H18N6S2/c1-22-10-14-18-11(9-23-14)8-20-4-3-17-15(20)13-6-12-7-16-2-5-21(12)19-13/h3-4,6,9,16H,2,5,7-8,10H2,1H3. The highest BCUT2D eigenvalue weighted by atomic mass is 32.2. The molecule has 0 spiro atoms. The van der Waals surface area contributed by atoms with Crippen molar-refractivity contribution >= 4 is 23.1 Å². The van der Waals surface area contributed by atoms with Crippen LogP contribution in [0.4, 0.5) is 0 Å². The summed E-state index contributed by atoms with van der Waals surface area (Å²) in [6.07, 6.45) is 5.94. The number of nitrogens with one attached hydrogen (secondary N) is 1. The van der Waals surface area contributed by atoms with Gasteiger partial charge in [0.2, 0.25) is 0 Å². The minimum Gasteiger partial charge on any atom is -0.324 e. The Kier molecular flexibility index (Phi) is 4.19. The number of rotatable bonds is 5. The second-order valence-corrected chi connectivity index (χ2v) is 7.27. The Morgan fingerprint density at radius 1 is 1.43 bits per heavy atom. The predicted molar refractivity (Wildman–Crippen MR) is 93.6 cm³/mol. The summed E-state index contributed by atoms with van der Waals surface area (Å²) in [6, 6.07) is 2.13. The third kappa shape index (κ3) is 3.06. The normalized spacial score (nSPS) is 14.1. The van der Waals surface area contributed by atoms with Gasteiger partial charge in [-0.1, -0.05) is 0 Å². The van der Waals surface area contributed by atoms with E-state index in [0.717, 1.165) is 49.1 Å².